The van der Waals surface area contributed by atoms with Crippen LogP contribution in [0.1, 0.15) is 37.0 Å². The van der Waals surface area contributed by atoms with Crippen molar-refractivity contribution >= 4 is 32.9 Å². The second-order valence-electron chi connectivity index (χ2n) is 8.74. The molecule has 2 N–H and O–H groups in total. The highest BCUT2D eigenvalue weighted by Crippen LogP contribution is 2.32. The molecule has 1 aliphatic heterocycles. The highest BCUT2D eigenvalue weighted by Gasteiger charge is 2.35. The van der Waals surface area contributed by atoms with Crippen LogP contribution in [-0.2, 0) is 23.1 Å². The summed E-state index contributed by atoms with van der Waals surface area (Å²) >= 11 is 1.22. The molecule has 33 heavy (non-hydrogen) atoms. The lowest BCUT2D eigenvalue weighted by molar-refractivity contribution is 0.00766. The first-order valence-corrected chi connectivity index (χ1v) is 13.0. The Bertz CT molecular complexity index is 1260. The molecular formula is C23H26F2N4O2S2. The molecule has 1 fully saturated rings. The summed E-state index contributed by atoms with van der Waals surface area (Å²) in [6.45, 7) is 7.57. The molecule has 10 heteroatoms. The Morgan fingerprint density at radius 2 is 2.00 bits per heavy atom. The van der Waals surface area contributed by atoms with E-state index >= 15 is 4.39 Å². The van der Waals surface area contributed by atoms with Crippen molar-refractivity contribution in [2.75, 3.05) is 16.6 Å². The fourth-order valence-electron chi connectivity index (χ4n) is 3.86. The molecule has 0 aliphatic carbocycles. The lowest BCUT2D eigenvalue weighted by Crippen LogP contribution is -2.55. The monoisotopic (exact) mass is 492 g/mol. The summed E-state index contributed by atoms with van der Waals surface area (Å²) in [6.07, 6.45) is 1.10. The van der Waals surface area contributed by atoms with Crippen molar-refractivity contribution < 1.29 is 17.2 Å². The van der Waals surface area contributed by atoms with Crippen LogP contribution in [0.2, 0.25) is 0 Å². The van der Waals surface area contributed by atoms with Gasteiger partial charge in [0.05, 0.1) is 5.51 Å². The van der Waals surface area contributed by atoms with Crippen molar-refractivity contribution in [3.05, 3.63) is 69.5 Å². The number of likely N-dealkylation sites (tertiary alicyclic amines) is 1. The predicted octanol–water partition coefficient (Wildman–Crippen LogP) is 5.13. The van der Waals surface area contributed by atoms with Gasteiger partial charge in [-0.3, -0.25) is 9.62 Å². The topological polar surface area (TPSA) is 74.3 Å². The number of thiazole rings is 1. The van der Waals surface area contributed by atoms with Crippen LogP contribution in [0.3, 0.4) is 0 Å². The van der Waals surface area contributed by atoms with Crippen LogP contribution >= 0.6 is 11.3 Å². The SMILES string of the molecule is Cc1c(NCc2c(F)cccc2CN2CCC2(C)C)ccc(S(=O)(=O)Nc2cscn2)c1F. The number of aromatic nitrogens is 1. The van der Waals surface area contributed by atoms with Crippen molar-refractivity contribution in [3.63, 3.8) is 0 Å². The van der Waals surface area contributed by atoms with Crippen molar-refractivity contribution in [1.29, 1.82) is 0 Å². The van der Waals surface area contributed by atoms with Gasteiger partial charge in [-0.2, -0.15) is 0 Å². The number of nitrogens with one attached hydrogen (secondary N) is 2. The third-order valence-electron chi connectivity index (χ3n) is 6.19. The number of halogens is 2. The van der Waals surface area contributed by atoms with E-state index < -0.39 is 20.7 Å². The Hall–Kier alpha value is -2.56. The van der Waals surface area contributed by atoms with Crippen LogP contribution in [0.4, 0.5) is 20.3 Å². The van der Waals surface area contributed by atoms with Gasteiger partial charge in [-0.15, -0.1) is 11.3 Å². The van der Waals surface area contributed by atoms with Gasteiger partial charge in [0.2, 0.25) is 0 Å². The van der Waals surface area contributed by atoms with Crippen LogP contribution in [-0.4, -0.2) is 30.4 Å². The summed E-state index contributed by atoms with van der Waals surface area (Å²) < 4.78 is 57.1. The number of benzene rings is 2. The minimum Gasteiger partial charge on any atom is -0.381 e. The molecule has 0 spiro atoms. The van der Waals surface area contributed by atoms with Gasteiger partial charge in [0.25, 0.3) is 10.0 Å². The maximum Gasteiger partial charge on any atom is 0.266 e. The second kappa shape index (κ2) is 9.00. The smallest absolute Gasteiger partial charge is 0.266 e. The van der Waals surface area contributed by atoms with Gasteiger partial charge in [0, 0.05) is 47.4 Å². The maximum absolute atomic E-state index is 15.0. The standard InChI is InChI=1S/C23H26F2N4O2S2/c1-15-19(7-8-20(22(15)25)33(30,31)28-21-13-32-14-27-21)26-11-17-16(5-4-6-18(17)24)12-29-10-9-23(29,2)3/h4-8,13-14,26,28H,9-12H2,1-3H3. The molecule has 0 bridgehead atoms. The first-order chi connectivity index (χ1) is 15.6. The fourth-order valence-corrected chi connectivity index (χ4v) is 5.56. The van der Waals surface area contributed by atoms with E-state index in [4.69, 9.17) is 0 Å². The summed E-state index contributed by atoms with van der Waals surface area (Å²) in [5.74, 6) is -1.06. The van der Waals surface area contributed by atoms with Crippen molar-refractivity contribution in [3.8, 4) is 0 Å². The highest BCUT2D eigenvalue weighted by atomic mass is 32.2. The van der Waals surface area contributed by atoms with Crippen LogP contribution in [0.5, 0.6) is 0 Å². The van der Waals surface area contributed by atoms with E-state index in [1.165, 1.54) is 47.4 Å². The average Bonchev–Trinajstić information content (AvgIpc) is 3.25. The van der Waals surface area contributed by atoms with Gasteiger partial charge in [-0.1, -0.05) is 12.1 Å². The lowest BCUT2D eigenvalue weighted by Gasteiger charge is -2.48. The van der Waals surface area contributed by atoms with Crippen LogP contribution in [0.25, 0.3) is 0 Å². The van der Waals surface area contributed by atoms with Crippen LogP contribution < -0.4 is 10.0 Å². The molecule has 6 nitrogen and oxygen atoms in total. The molecule has 0 radical (unpaired) electrons. The fraction of sp³-hybridized carbons (Fsp3) is 0.348. The summed E-state index contributed by atoms with van der Waals surface area (Å²) in [4.78, 5) is 5.70. The van der Waals surface area contributed by atoms with Gasteiger partial charge in [0.15, 0.2) is 5.82 Å². The summed E-state index contributed by atoms with van der Waals surface area (Å²) in [5, 5.41) is 4.60. The average molecular weight is 493 g/mol. The molecule has 3 aromatic rings. The van der Waals surface area contributed by atoms with E-state index in [2.05, 4.69) is 33.8 Å². The predicted molar refractivity (Wildman–Crippen MR) is 127 cm³/mol. The highest BCUT2D eigenvalue weighted by molar-refractivity contribution is 7.92. The first kappa shape index (κ1) is 23.6. The maximum atomic E-state index is 15.0. The Morgan fingerprint density at radius 3 is 2.64 bits per heavy atom. The quantitative estimate of drug-likeness (QED) is 0.456. The molecule has 0 saturated carbocycles. The van der Waals surface area contributed by atoms with Gasteiger partial charge in [-0.05, 0) is 51.0 Å². The largest absolute Gasteiger partial charge is 0.381 e. The number of rotatable bonds is 8. The van der Waals surface area contributed by atoms with Gasteiger partial charge < -0.3 is 5.32 Å². The Labute approximate surface area is 196 Å². The van der Waals surface area contributed by atoms with E-state index in [-0.39, 0.29) is 29.3 Å². The molecule has 2 heterocycles. The number of anilines is 2. The zero-order valence-electron chi connectivity index (χ0n) is 18.7. The summed E-state index contributed by atoms with van der Waals surface area (Å²) in [5.41, 5.74) is 3.50. The zero-order valence-corrected chi connectivity index (χ0v) is 20.3. The lowest BCUT2D eigenvalue weighted by atomic mass is 9.88. The van der Waals surface area contributed by atoms with Crippen LogP contribution in [0.15, 0.2) is 46.1 Å². The Balaban J connectivity index is 1.53. The van der Waals surface area contributed by atoms with E-state index in [0.717, 1.165) is 18.5 Å². The number of hydrogen-bond acceptors (Lipinski definition) is 6. The molecule has 4 rings (SSSR count). The first-order valence-electron chi connectivity index (χ1n) is 10.5. The van der Waals surface area contributed by atoms with E-state index in [1.54, 1.807) is 6.07 Å². The zero-order chi connectivity index (χ0) is 23.8. The van der Waals surface area contributed by atoms with Gasteiger partial charge in [0.1, 0.15) is 16.5 Å². The molecule has 176 valence electrons. The third kappa shape index (κ3) is 4.87. The van der Waals surface area contributed by atoms with E-state index in [0.29, 0.717) is 17.8 Å². The normalized spacial score (nSPS) is 15.8. The molecule has 2 aromatic carbocycles. The molecule has 1 aromatic heterocycles. The summed E-state index contributed by atoms with van der Waals surface area (Å²) in [6, 6.07) is 7.70. The minimum absolute atomic E-state index is 0.0879. The van der Waals surface area contributed by atoms with E-state index in [9.17, 15) is 12.8 Å². The third-order valence-corrected chi connectivity index (χ3v) is 8.15. The van der Waals surface area contributed by atoms with Crippen molar-refractivity contribution in [2.45, 2.75) is 50.7 Å². The number of sulfonamides is 1. The second-order valence-corrected chi connectivity index (χ2v) is 11.1. The number of hydrogen-bond donors (Lipinski definition) is 2. The molecule has 1 aliphatic rings. The van der Waals surface area contributed by atoms with Gasteiger partial charge in [-0.25, -0.2) is 22.2 Å². The van der Waals surface area contributed by atoms with Gasteiger partial charge >= 0.3 is 0 Å². The van der Waals surface area contributed by atoms with Crippen molar-refractivity contribution in [2.24, 2.45) is 0 Å². The number of nitrogens with zero attached hydrogens (tertiary/aromatic N) is 2. The molecule has 1 saturated heterocycles. The molecule has 0 atom stereocenters. The summed E-state index contributed by atoms with van der Waals surface area (Å²) in [7, 11) is -4.13. The minimum atomic E-state index is -4.13. The van der Waals surface area contributed by atoms with Crippen LogP contribution in [0, 0.1) is 18.6 Å². The Kier molecular flexibility index (Phi) is 6.43. The Morgan fingerprint density at radius 1 is 1.21 bits per heavy atom. The molecule has 0 amide bonds. The molecule has 0 unspecified atom stereocenters. The van der Waals surface area contributed by atoms with E-state index in [1.807, 2.05) is 6.07 Å². The molecular weight excluding hydrogens is 466 g/mol. The van der Waals surface area contributed by atoms with Crippen molar-refractivity contribution in [1.82, 2.24) is 9.88 Å².